The summed E-state index contributed by atoms with van der Waals surface area (Å²) in [5, 5.41) is 23.5. The van der Waals surface area contributed by atoms with Crippen molar-refractivity contribution in [2.75, 3.05) is 0 Å². The van der Waals surface area contributed by atoms with E-state index in [0.717, 1.165) is 12.0 Å². The number of para-hydroxylation sites is 1. The van der Waals surface area contributed by atoms with Gasteiger partial charge in [-0.15, -0.1) is 0 Å². The number of unbranched alkanes of at least 4 members (excludes halogenated alkanes) is 6. The third kappa shape index (κ3) is 33.0. The second-order valence-corrected chi connectivity index (χ2v) is 9.58. The molecule has 7 N–H and O–H groups in total. The van der Waals surface area contributed by atoms with Gasteiger partial charge < -0.3 is 34.3 Å². The van der Waals surface area contributed by atoms with Crippen molar-refractivity contribution in [2.24, 2.45) is 0 Å². The molecule has 0 aliphatic rings. The summed E-state index contributed by atoms with van der Waals surface area (Å²) < 4.78 is 37.5. The first-order valence-electron chi connectivity index (χ1n) is 10.1. The van der Waals surface area contributed by atoms with Crippen LogP contribution in [0.1, 0.15) is 68.1 Å². The van der Waals surface area contributed by atoms with Crippen LogP contribution in [0.25, 0.3) is 0 Å². The fourth-order valence-corrected chi connectivity index (χ4v) is 3.08. The molecule has 0 fully saturated rings. The summed E-state index contributed by atoms with van der Waals surface area (Å²) in [6, 6.07) is 7.67. The van der Waals surface area contributed by atoms with Crippen LogP contribution in [-0.4, -0.2) is 60.2 Å². The number of aliphatic carboxylic acids is 2. The minimum Gasteiger partial charge on any atom is -1.00 e. The summed E-state index contributed by atoms with van der Waals surface area (Å²) in [7, 11) is -9.48. The maximum absolute atomic E-state index is 10.2. The summed E-state index contributed by atoms with van der Waals surface area (Å²) in [4.78, 5) is 41.6. The van der Waals surface area contributed by atoms with E-state index in [4.69, 9.17) is 34.0 Å². The molecule has 0 amide bonds. The van der Waals surface area contributed by atoms with Crippen molar-refractivity contribution < 1.29 is 150 Å². The molecule has 198 valence electrons. The number of benzene rings is 1. The fraction of sp³-hybridized carbons (Fsp3) is 0.579. The SMILES string of the molecule is CCCCCCCCCc1ccccc1O.O=C(O)CC(C(=O)O)S(=O)(=O)O.O=P(O)(O)O.[H-].[H-].[H-].[Na+].[Na+].[Na+]. The van der Waals surface area contributed by atoms with Gasteiger partial charge in [-0.1, -0.05) is 63.6 Å². The zero-order valence-corrected chi connectivity index (χ0v) is 29.0. The Morgan fingerprint density at radius 2 is 1.33 bits per heavy atom. The van der Waals surface area contributed by atoms with Gasteiger partial charge in [0.05, 0.1) is 6.42 Å². The van der Waals surface area contributed by atoms with Gasteiger partial charge in [-0.3, -0.25) is 14.1 Å². The van der Waals surface area contributed by atoms with Crippen LogP contribution in [-0.2, 0) is 30.7 Å². The van der Waals surface area contributed by atoms with Gasteiger partial charge >= 0.3 is 108 Å². The first-order valence-corrected chi connectivity index (χ1v) is 13.1. The molecule has 1 aromatic rings. The minimum atomic E-state index is -4.84. The zero-order valence-electron chi connectivity index (χ0n) is 24.3. The van der Waals surface area contributed by atoms with Crippen molar-refractivity contribution in [1.82, 2.24) is 0 Å². The summed E-state index contributed by atoms with van der Waals surface area (Å²) in [5.74, 6) is -3.05. The number of hydrogen-bond acceptors (Lipinski definition) is 6. The quantitative estimate of drug-likeness (QED) is 0.0524. The van der Waals surface area contributed by atoms with E-state index in [-0.39, 0.29) is 93.0 Å². The van der Waals surface area contributed by atoms with E-state index in [1.165, 1.54) is 44.9 Å². The van der Waals surface area contributed by atoms with E-state index < -0.39 is 41.6 Å². The van der Waals surface area contributed by atoms with Gasteiger partial charge in [0.25, 0.3) is 10.1 Å². The van der Waals surface area contributed by atoms with E-state index in [9.17, 15) is 23.1 Å². The van der Waals surface area contributed by atoms with E-state index in [0.29, 0.717) is 5.75 Å². The van der Waals surface area contributed by atoms with E-state index in [1.807, 2.05) is 18.2 Å². The smallest absolute Gasteiger partial charge is 1.00 e. The third-order valence-electron chi connectivity index (χ3n) is 4.04. The predicted molar refractivity (Wildman–Crippen MR) is 123 cm³/mol. The second kappa shape index (κ2) is 26.2. The van der Waals surface area contributed by atoms with Crippen molar-refractivity contribution in [2.45, 2.75) is 70.0 Å². The number of aromatic hydroxyl groups is 1. The van der Waals surface area contributed by atoms with Gasteiger partial charge in [0.15, 0.2) is 5.25 Å². The number of aryl methyl sites for hydroxylation is 1. The van der Waals surface area contributed by atoms with Gasteiger partial charge in [0.1, 0.15) is 5.75 Å². The average Bonchev–Trinajstić information content (AvgIpc) is 2.65. The van der Waals surface area contributed by atoms with Crippen LogP contribution in [0.3, 0.4) is 0 Å². The number of carboxylic acids is 2. The zero-order chi connectivity index (χ0) is 26.1. The molecule has 1 rings (SSSR count). The molecule has 12 nitrogen and oxygen atoms in total. The first kappa shape index (κ1) is 46.8. The molecule has 0 spiro atoms. The molecule has 0 aliphatic carbocycles. The molecule has 0 bridgehead atoms. The first-order chi connectivity index (χ1) is 15.1. The Hall–Kier alpha value is 0.980. The Bertz CT molecular complexity index is 872. The Labute approximate surface area is 282 Å². The molecular formula is C19H36Na3O12PS. The maximum Gasteiger partial charge on any atom is 1.00 e. The third-order valence-corrected chi connectivity index (χ3v) is 5.12. The largest absolute Gasteiger partial charge is 1.00 e. The summed E-state index contributed by atoms with van der Waals surface area (Å²) in [6.45, 7) is 2.25. The van der Waals surface area contributed by atoms with Crippen LogP contribution in [0.15, 0.2) is 24.3 Å². The standard InChI is InChI=1S/C15H24O.C4H6O7S.3Na.H3O4P.3H/c1-2-3-4-5-6-7-8-11-14-12-9-10-13-15(14)16;5-3(6)1-2(4(7)8)12(9,10)11;;;;1-5(2,3)4;;;/h9-10,12-13,16H,2-8,11H2,1H3;2H,1H2,(H,5,6)(H,7,8)(H,9,10,11);;;;(H3,1,2,3,4);;;/q;;3*+1;;3*-1. The molecule has 1 unspecified atom stereocenters. The average molecular weight is 588 g/mol. The fourth-order valence-electron chi connectivity index (χ4n) is 2.47. The van der Waals surface area contributed by atoms with Crippen molar-refractivity contribution in [1.29, 1.82) is 0 Å². The molecule has 0 aliphatic heterocycles. The van der Waals surface area contributed by atoms with Crippen LogP contribution < -0.4 is 88.7 Å². The van der Waals surface area contributed by atoms with Crippen LogP contribution in [0, 0.1) is 0 Å². The number of phenolic OH excluding ortho intramolecular Hbond substituents is 1. The molecule has 0 aromatic heterocycles. The number of carboxylic acid groups (broad SMARTS) is 2. The topological polar surface area (TPSA) is 227 Å². The van der Waals surface area contributed by atoms with Crippen molar-refractivity contribution in [3.63, 3.8) is 0 Å². The van der Waals surface area contributed by atoms with Crippen LogP contribution in [0.5, 0.6) is 5.75 Å². The van der Waals surface area contributed by atoms with E-state index in [2.05, 4.69) is 6.92 Å². The molecule has 0 saturated heterocycles. The Morgan fingerprint density at radius 3 is 1.67 bits per heavy atom. The van der Waals surface area contributed by atoms with Gasteiger partial charge in [-0.2, -0.15) is 8.42 Å². The second-order valence-electron chi connectivity index (χ2n) is 6.95. The molecule has 1 aromatic carbocycles. The minimum absolute atomic E-state index is 0. The molecule has 36 heavy (non-hydrogen) atoms. The van der Waals surface area contributed by atoms with E-state index >= 15 is 0 Å². The van der Waals surface area contributed by atoms with Gasteiger partial charge in [-0.25, -0.2) is 4.57 Å². The predicted octanol–water partition coefficient (Wildman–Crippen LogP) is -6.09. The molecule has 17 heteroatoms. The number of phenols is 1. The summed E-state index contributed by atoms with van der Waals surface area (Å²) in [6.07, 6.45) is 9.13. The molecule has 0 radical (unpaired) electrons. The monoisotopic (exact) mass is 588 g/mol. The van der Waals surface area contributed by atoms with Crippen LogP contribution >= 0.6 is 7.82 Å². The van der Waals surface area contributed by atoms with Crippen molar-refractivity contribution in [3.8, 4) is 5.75 Å². The molecule has 1 atom stereocenters. The summed E-state index contributed by atoms with van der Waals surface area (Å²) >= 11 is 0. The molecule has 0 saturated carbocycles. The van der Waals surface area contributed by atoms with Gasteiger partial charge in [-0.05, 0) is 24.5 Å². The maximum atomic E-state index is 10.2. The number of hydrogen-bond donors (Lipinski definition) is 7. The number of rotatable bonds is 12. The van der Waals surface area contributed by atoms with E-state index in [1.54, 1.807) is 6.07 Å². The van der Waals surface area contributed by atoms with Crippen molar-refractivity contribution >= 4 is 29.9 Å². The summed E-state index contributed by atoms with van der Waals surface area (Å²) in [5.41, 5.74) is 1.09. The normalized spacial score (nSPS) is 10.9. The molecular weight excluding hydrogens is 552 g/mol. The number of carbonyl (C=O) groups is 2. The van der Waals surface area contributed by atoms with Gasteiger partial charge in [0, 0.05) is 0 Å². The van der Waals surface area contributed by atoms with Crippen molar-refractivity contribution in [3.05, 3.63) is 29.8 Å². The number of phosphoric acid groups is 1. The Balaban J connectivity index is -0.0000000631. The van der Waals surface area contributed by atoms with Gasteiger partial charge in [0.2, 0.25) is 0 Å². The van der Waals surface area contributed by atoms with Crippen LogP contribution in [0.2, 0.25) is 0 Å². The Kier molecular flexibility index (Phi) is 34.1. The molecule has 0 heterocycles. The van der Waals surface area contributed by atoms with Crippen LogP contribution in [0.4, 0.5) is 0 Å². The Morgan fingerprint density at radius 1 is 0.917 bits per heavy atom.